The van der Waals surface area contributed by atoms with E-state index in [-0.39, 0.29) is 23.7 Å². The lowest BCUT2D eigenvalue weighted by atomic mass is 10.1. The first-order chi connectivity index (χ1) is 8.91. The molecule has 1 N–H and O–H groups in total. The smallest absolute Gasteiger partial charge is 0.390 e. The largest absolute Gasteiger partial charge is 0.417 e. The van der Waals surface area contributed by atoms with E-state index >= 15 is 0 Å². The Kier molecular flexibility index (Phi) is 3.86. The summed E-state index contributed by atoms with van der Waals surface area (Å²) < 4.78 is 39.2. The predicted octanol–water partition coefficient (Wildman–Crippen LogP) is 3.42. The fourth-order valence-corrected chi connectivity index (χ4v) is 1.92. The van der Waals surface area contributed by atoms with Crippen molar-refractivity contribution in [1.82, 2.24) is 9.97 Å². The van der Waals surface area contributed by atoms with Gasteiger partial charge in [-0.1, -0.05) is 15.9 Å². The lowest BCUT2D eigenvalue weighted by molar-refractivity contribution is -0.137. The number of hydrogen-bond donors (Lipinski definition) is 1. The van der Waals surface area contributed by atoms with Gasteiger partial charge in [0.2, 0.25) is 0 Å². The van der Waals surface area contributed by atoms with Crippen LogP contribution < -0.4 is 0 Å². The molecule has 7 heteroatoms. The van der Waals surface area contributed by atoms with Crippen LogP contribution in [-0.4, -0.2) is 15.1 Å². The highest BCUT2D eigenvalue weighted by Crippen LogP contribution is 2.37. The van der Waals surface area contributed by atoms with E-state index < -0.39 is 11.7 Å². The molecule has 0 fully saturated rings. The van der Waals surface area contributed by atoms with Crippen molar-refractivity contribution in [3.8, 4) is 11.4 Å². The first-order valence-electron chi connectivity index (χ1n) is 5.21. The number of hydrogen-bond acceptors (Lipinski definition) is 3. The molecule has 0 unspecified atom stereocenters. The molecule has 1 heterocycles. The Bertz CT molecular complexity index is 602. The number of rotatable bonds is 2. The number of benzene rings is 1. The van der Waals surface area contributed by atoms with Crippen molar-refractivity contribution in [1.29, 1.82) is 0 Å². The molecule has 0 spiro atoms. The van der Waals surface area contributed by atoms with Gasteiger partial charge in [0, 0.05) is 16.2 Å². The van der Waals surface area contributed by atoms with Crippen LogP contribution in [0.25, 0.3) is 11.4 Å². The van der Waals surface area contributed by atoms with Crippen molar-refractivity contribution >= 4 is 15.9 Å². The minimum atomic E-state index is -4.50. The molecule has 1 aromatic carbocycles. The molecular formula is C12H8BrF3N2O. The second-order valence-corrected chi connectivity index (χ2v) is 4.63. The summed E-state index contributed by atoms with van der Waals surface area (Å²) >= 11 is 3.01. The third-order valence-electron chi connectivity index (χ3n) is 2.40. The van der Waals surface area contributed by atoms with Gasteiger partial charge < -0.3 is 5.11 Å². The summed E-state index contributed by atoms with van der Waals surface area (Å²) in [5, 5.41) is 8.96. The van der Waals surface area contributed by atoms with Crippen LogP contribution in [0.5, 0.6) is 0 Å². The van der Waals surface area contributed by atoms with Crippen molar-refractivity contribution in [3.63, 3.8) is 0 Å². The zero-order valence-corrected chi connectivity index (χ0v) is 11.0. The molecule has 0 amide bonds. The zero-order chi connectivity index (χ0) is 14.0. The van der Waals surface area contributed by atoms with Crippen LogP contribution in [0.2, 0.25) is 0 Å². The summed E-state index contributed by atoms with van der Waals surface area (Å²) in [6.45, 7) is -0.354. The molecule has 100 valence electrons. The maximum atomic E-state index is 13.0. The van der Waals surface area contributed by atoms with Gasteiger partial charge in [-0.3, -0.25) is 0 Å². The summed E-state index contributed by atoms with van der Waals surface area (Å²) in [4.78, 5) is 7.71. The van der Waals surface area contributed by atoms with Crippen molar-refractivity contribution in [2.24, 2.45) is 0 Å². The molecule has 0 atom stereocenters. The van der Waals surface area contributed by atoms with Gasteiger partial charge in [0.15, 0.2) is 5.82 Å². The van der Waals surface area contributed by atoms with E-state index in [1.54, 1.807) is 0 Å². The number of nitrogens with zero attached hydrogens (tertiary/aromatic N) is 2. The van der Waals surface area contributed by atoms with E-state index in [0.29, 0.717) is 4.47 Å². The van der Waals surface area contributed by atoms with E-state index in [9.17, 15) is 13.2 Å². The molecule has 2 rings (SSSR count). The highest BCUT2D eigenvalue weighted by atomic mass is 79.9. The molecule has 0 saturated carbocycles. The molecule has 0 saturated heterocycles. The minimum absolute atomic E-state index is 0.0635. The van der Waals surface area contributed by atoms with Crippen molar-refractivity contribution in [2.45, 2.75) is 12.8 Å². The monoisotopic (exact) mass is 332 g/mol. The second kappa shape index (κ2) is 5.26. The summed E-state index contributed by atoms with van der Waals surface area (Å²) in [5.41, 5.74) is -0.677. The van der Waals surface area contributed by atoms with E-state index in [4.69, 9.17) is 5.11 Å². The first-order valence-corrected chi connectivity index (χ1v) is 6.01. The van der Waals surface area contributed by atoms with Gasteiger partial charge in [0.1, 0.15) is 0 Å². The van der Waals surface area contributed by atoms with E-state index in [2.05, 4.69) is 25.9 Å². The Labute approximate surface area is 115 Å². The van der Waals surface area contributed by atoms with Gasteiger partial charge >= 0.3 is 6.18 Å². The normalized spacial score (nSPS) is 11.6. The van der Waals surface area contributed by atoms with Crippen LogP contribution in [0.3, 0.4) is 0 Å². The van der Waals surface area contributed by atoms with E-state index in [0.717, 1.165) is 6.07 Å². The summed E-state index contributed by atoms with van der Waals surface area (Å²) in [6.07, 6.45) is -3.19. The maximum Gasteiger partial charge on any atom is 0.417 e. The lowest BCUT2D eigenvalue weighted by Crippen LogP contribution is -2.08. The molecule has 3 nitrogen and oxygen atoms in total. The van der Waals surface area contributed by atoms with Crippen LogP contribution in [0.1, 0.15) is 11.3 Å². The summed E-state index contributed by atoms with van der Waals surface area (Å²) in [6, 6.07) is 5.20. The molecule has 0 bridgehead atoms. The molecule has 0 radical (unpaired) electrons. The molecule has 0 aliphatic heterocycles. The molecule has 19 heavy (non-hydrogen) atoms. The van der Waals surface area contributed by atoms with Crippen molar-refractivity contribution in [3.05, 3.63) is 46.2 Å². The Morgan fingerprint density at radius 2 is 1.95 bits per heavy atom. The molecular weight excluding hydrogens is 325 g/mol. The fourth-order valence-electron chi connectivity index (χ4n) is 1.56. The topological polar surface area (TPSA) is 46.0 Å². The molecule has 0 aliphatic carbocycles. The van der Waals surface area contributed by atoms with Gasteiger partial charge in [0.05, 0.1) is 17.9 Å². The fraction of sp³-hybridized carbons (Fsp3) is 0.167. The standard InChI is InChI=1S/C12H8BrF3N2O/c13-7-1-2-9(10(5-7)12(14,15)16)11-17-4-3-8(6-19)18-11/h1-5,19H,6H2. The highest BCUT2D eigenvalue weighted by molar-refractivity contribution is 9.10. The van der Waals surface area contributed by atoms with Crippen LogP contribution in [0, 0.1) is 0 Å². The minimum Gasteiger partial charge on any atom is -0.390 e. The van der Waals surface area contributed by atoms with E-state index in [1.807, 2.05) is 0 Å². The lowest BCUT2D eigenvalue weighted by Gasteiger charge is -2.12. The Morgan fingerprint density at radius 1 is 1.21 bits per heavy atom. The number of alkyl halides is 3. The van der Waals surface area contributed by atoms with Crippen LogP contribution in [-0.2, 0) is 12.8 Å². The van der Waals surface area contributed by atoms with Gasteiger partial charge in [-0.2, -0.15) is 13.2 Å². The molecule has 2 aromatic rings. The second-order valence-electron chi connectivity index (χ2n) is 3.72. The number of aromatic nitrogens is 2. The van der Waals surface area contributed by atoms with Gasteiger partial charge in [-0.05, 0) is 24.3 Å². The third-order valence-corrected chi connectivity index (χ3v) is 2.90. The quantitative estimate of drug-likeness (QED) is 0.916. The predicted molar refractivity (Wildman–Crippen MR) is 66.1 cm³/mol. The van der Waals surface area contributed by atoms with E-state index in [1.165, 1.54) is 24.4 Å². The average Bonchev–Trinajstić information content (AvgIpc) is 2.37. The zero-order valence-electron chi connectivity index (χ0n) is 9.45. The highest BCUT2D eigenvalue weighted by Gasteiger charge is 2.34. The Hall–Kier alpha value is -1.47. The van der Waals surface area contributed by atoms with Gasteiger partial charge in [0.25, 0.3) is 0 Å². The molecule has 0 aliphatic rings. The number of aliphatic hydroxyl groups is 1. The van der Waals surface area contributed by atoms with Crippen LogP contribution >= 0.6 is 15.9 Å². The Balaban J connectivity index is 2.61. The van der Waals surface area contributed by atoms with Crippen molar-refractivity contribution in [2.75, 3.05) is 0 Å². The summed E-state index contributed by atoms with van der Waals surface area (Å²) in [7, 11) is 0. The maximum absolute atomic E-state index is 13.0. The number of aliphatic hydroxyl groups excluding tert-OH is 1. The van der Waals surface area contributed by atoms with Crippen LogP contribution in [0.15, 0.2) is 34.9 Å². The summed E-state index contributed by atoms with van der Waals surface area (Å²) in [5.74, 6) is -0.0635. The average molecular weight is 333 g/mol. The van der Waals surface area contributed by atoms with Crippen LogP contribution in [0.4, 0.5) is 13.2 Å². The SMILES string of the molecule is OCc1ccnc(-c2ccc(Br)cc2C(F)(F)F)n1. The number of halogens is 4. The molecule has 1 aromatic heterocycles. The van der Waals surface area contributed by atoms with Crippen molar-refractivity contribution < 1.29 is 18.3 Å². The first kappa shape index (κ1) is 14.0. The van der Waals surface area contributed by atoms with Gasteiger partial charge in [-0.25, -0.2) is 9.97 Å². The third kappa shape index (κ3) is 3.10. The van der Waals surface area contributed by atoms with Gasteiger partial charge in [-0.15, -0.1) is 0 Å². The Morgan fingerprint density at radius 3 is 2.58 bits per heavy atom.